The van der Waals surface area contributed by atoms with Crippen molar-refractivity contribution in [2.24, 2.45) is 0 Å². The van der Waals surface area contributed by atoms with E-state index in [2.05, 4.69) is 36.3 Å². The Morgan fingerprint density at radius 3 is 1.85 bits per heavy atom. The molecule has 1 aliphatic heterocycles. The van der Waals surface area contributed by atoms with Crippen molar-refractivity contribution in [3.05, 3.63) is 0 Å². The number of carbonyl (C=O) groups is 1. The maximum atomic E-state index is 11.6. The van der Waals surface area contributed by atoms with Crippen LogP contribution in [-0.4, -0.2) is 43.0 Å². The van der Waals surface area contributed by atoms with Gasteiger partial charge in [0.15, 0.2) is 0 Å². The van der Waals surface area contributed by atoms with E-state index in [1.54, 1.807) is 0 Å². The van der Waals surface area contributed by atoms with Crippen molar-refractivity contribution < 1.29 is 14.3 Å². The van der Waals surface area contributed by atoms with Gasteiger partial charge in [-0.1, -0.05) is 0 Å². The summed E-state index contributed by atoms with van der Waals surface area (Å²) in [5.41, 5.74) is 0. The molecular weight excluding hydrogens is 423 g/mol. The summed E-state index contributed by atoms with van der Waals surface area (Å²) in [4.78, 5) is 11.6. The van der Waals surface area contributed by atoms with Crippen LogP contribution >= 0.6 is 20.8 Å². The van der Waals surface area contributed by atoms with E-state index in [4.69, 9.17) is 9.47 Å². The number of halogens is 1. The quantitative estimate of drug-likeness (QED) is 0.134. The van der Waals surface area contributed by atoms with Gasteiger partial charge in [-0.15, -0.1) is 0 Å². The molecule has 1 heterocycles. The fraction of sp³-hybridized carbons (Fsp3) is 0.955. The van der Waals surface area contributed by atoms with Crippen LogP contribution in [0.3, 0.4) is 0 Å². The Labute approximate surface area is 176 Å². The van der Waals surface area contributed by atoms with Gasteiger partial charge in [-0.2, -0.15) is 0 Å². The Balaban J connectivity index is 2.71. The molecule has 1 aliphatic rings. The van der Waals surface area contributed by atoms with Crippen LogP contribution in [0.15, 0.2) is 0 Å². The van der Waals surface area contributed by atoms with Gasteiger partial charge in [-0.3, -0.25) is 0 Å². The van der Waals surface area contributed by atoms with E-state index in [1.807, 2.05) is 6.92 Å². The van der Waals surface area contributed by atoms with Gasteiger partial charge in [-0.25, -0.2) is 0 Å². The number of ether oxygens (including phenoxy) is 2. The van der Waals surface area contributed by atoms with Crippen molar-refractivity contribution in [3.8, 4) is 0 Å². The SMILES string of the molecule is CCCCP(Br)(CCCC)(CCCC)CCCCC1(OCC)CCC(=O)O1. The molecule has 0 aliphatic carbocycles. The minimum atomic E-state index is -1.82. The summed E-state index contributed by atoms with van der Waals surface area (Å²) in [6.07, 6.45) is 17.8. The van der Waals surface area contributed by atoms with Crippen LogP contribution in [0.5, 0.6) is 0 Å². The Kier molecular flexibility index (Phi) is 11.4. The second kappa shape index (κ2) is 12.1. The molecule has 5 heteroatoms. The van der Waals surface area contributed by atoms with E-state index in [0.29, 0.717) is 13.0 Å². The Bertz CT molecular complexity index is 419. The molecule has 3 nitrogen and oxygen atoms in total. The number of hydrogen-bond donors (Lipinski definition) is 0. The van der Waals surface area contributed by atoms with Gasteiger partial charge in [0, 0.05) is 0 Å². The van der Waals surface area contributed by atoms with Gasteiger partial charge < -0.3 is 0 Å². The average Bonchev–Trinajstić information content (AvgIpc) is 3.02. The summed E-state index contributed by atoms with van der Waals surface area (Å²) in [7, 11) is 0. The van der Waals surface area contributed by atoms with Gasteiger partial charge in [0.25, 0.3) is 0 Å². The van der Waals surface area contributed by atoms with Gasteiger partial charge in [0.2, 0.25) is 0 Å². The van der Waals surface area contributed by atoms with Crippen LogP contribution in [0.2, 0.25) is 0 Å². The zero-order chi connectivity index (χ0) is 20.3. The molecule has 0 aromatic rings. The third kappa shape index (κ3) is 8.31. The molecule has 162 valence electrons. The van der Waals surface area contributed by atoms with Crippen LogP contribution in [0.1, 0.15) is 98.3 Å². The maximum absolute atomic E-state index is 11.6. The van der Waals surface area contributed by atoms with E-state index < -0.39 is 11.1 Å². The number of carbonyl (C=O) groups excluding carboxylic acids is 1. The van der Waals surface area contributed by atoms with Gasteiger partial charge >= 0.3 is 176 Å². The van der Waals surface area contributed by atoms with Crippen molar-refractivity contribution in [2.75, 3.05) is 31.3 Å². The first-order valence-electron chi connectivity index (χ1n) is 11.4. The van der Waals surface area contributed by atoms with Crippen molar-refractivity contribution in [1.82, 2.24) is 0 Å². The third-order valence-corrected chi connectivity index (χ3v) is 16.1. The molecule has 27 heavy (non-hydrogen) atoms. The van der Waals surface area contributed by atoms with Crippen molar-refractivity contribution >= 4 is 26.8 Å². The molecule has 1 atom stereocenters. The topological polar surface area (TPSA) is 35.5 Å². The summed E-state index contributed by atoms with van der Waals surface area (Å²) >= 11 is 4.48. The second-order valence-corrected chi connectivity index (χ2v) is 20.0. The monoisotopic (exact) mass is 466 g/mol. The fourth-order valence-electron chi connectivity index (χ4n) is 4.45. The van der Waals surface area contributed by atoms with Crippen molar-refractivity contribution in [3.63, 3.8) is 0 Å². The summed E-state index contributed by atoms with van der Waals surface area (Å²) in [5, 5.41) is -1.82. The summed E-state index contributed by atoms with van der Waals surface area (Å²) in [6.45, 7) is 9.53. The van der Waals surface area contributed by atoms with Crippen LogP contribution in [0.4, 0.5) is 0 Å². The van der Waals surface area contributed by atoms with Crippen LogP contribution in [0.25, 0.3) is 0 Å². The van der Waals surface area contributed by atoms with E-state index in [0.717, 1.165) is 19.3 Å². The Morgan fingerprint density at radius 2 is 1.44 bits per heavy atom. The predicted octanol–water partition coefficient (Wildman–Crippen LogP) is 7.49. The first-order chi connectivity index (χ1) is 12.8. The number of rotatable bonds is 16. The fourth-order valence-corrected chi connectivity index (χ4v) is 13.1. The van der Waals surface area contributed by atoms with Gasteiger partial charge in [0.1, 0.15) is 0 Å². The molecule has 1 fully saturated rings. The van der Waals surface area contributed by atoms with Gasteiger partial charge in [-0.05, 0) is 0 Å². The molecule has 1 rings (SSSR count). The number of hydrogen-bond acceptors (Lipinski definition) is 3. The summed E-state index contributed by atoms with van der Waals surface area (Å²) in [5.74, 6) is -0.734. The van der Waals surface area contributed by atoms with Crippen LogP contribution in [0, 0.1) is 0 Å². The zero-order valence-corrected chi connectivity index (χ0v) is 20.8. The molecule has 0 aromatic heterocycles. The van der Waals surface area contributed by atoms with E-state index in [9.17, 15) is 4.79 Å². The third-order valence-electron chi connectivity index (χ3n) is 6.15. The second-order valence-electron chi connectivity index (χ2n) is 8.55. The van der Waals surface area contributed by atoms with E-state index >= 15 is 0 Å². The Morgan fingerprint density at radius 1 is 0.926 bits per heavy atom. The molecule has 0 saturated carbocycles. The molecule has 0 aromatic carbocycles. The molecular formula is C22H44BrO3P. The summed E-state index contributed by atoms with van der Waals surface area (Å²) in [6, 6.07) is 0. The first kappa shape index (κ1) is 25.4. The predicted molar refractivity (Wildman–Crippen MR) is 124 cm³/mol. The molecule has 0 N–H and O–H groups in total. The molecule has 0 bridgehead atoms. The van der Waals surface area contributed by atoms with Crippen LogP contribution in [-0.2, 0) is 14.3 Å². The number of unbranched alkanes of at least 4 members (excludes halogenated alkanes) is 4. The Hall–Kier alpha value is 0.340. The molecule has 0 amide bonds. The van der Waals surface area contributed by atoms with Crippen LogP contribution < -0.4 is 0 Å². The normalized spacial score (nSPS) is 21.8. The first-order valence-corrected chi connectivity index (χ1v) is 16.4. The average molecular weight is 467 g/mol. The van der Waals surface area contributed by atoms with Crippen molar-refractivity contribution in [2.45, 2.75) is 104 Å². The van der Waals surface area contributed by atoms with Gasteiger partial charge in [0.05, 0.1) is 0 Å². The molecule has 1 unspecified atom stereocenters. The standard InChI is InChI=1S/C22H44BrO3P/c1-5-9-17-27(23,18-10-6-2,19-11-7-3)20-13-12-15-22(25-8-4)16-14-21(24)26-22/h5-20H2,1-4H3. The molecule has 0 spiro atoms. The summed E-state index contributed by atoms with van der Waals surface area (Å²) < 4.78 is 11.4. The number of esters is 1. The molecule has 1 saturated heterocycles. The van der Waals surface area contributed by atoms with Crippen molar-refractivity contribution in [1.29, 1.82) is 0 Å². The van der Waals surface area contributed by atoms with E-state index in [-0.39, 0.29) is 5.97 Å². The minimum absolute atomic E-state index is 0.0996. The molecule has 0 radical (unpaired) electrons. The number of cyclic esters (lactones) is 1. The van der Waals surface area contributed by atoms with E-state index in [1.165, 1.54) is 69.6 Å². The zero-order valence-electron chi connectivity index (χ0n) is 18.4.